The van der Waals surface area contributed by atoms with Crippen LogP contribution in [0.1, 0.15) is 45.1 Å². The van der Waals surface area contributed by atoms with Crippen LogP contribution in [0, 0.1) is 17.8 Å². The molecule has 1 heterocycles. The van der Waals surface area contributed by atoms with E-state index < -0.39 is 0 Å². The van der Waals surface area contributed by atoms with Crippen molar-refractivity contribution in [1.29, 1.82) is 0 Å². The molecular weight excluding hydrogens is 268 g/mol. The number of nitrogens with one attached hydrogen (secondary N) is 1. The van der Waals surface area contributed by atoms with Gasteiger partial charge in [-0.15, -0.1) is 0 Å². The molecule has 22 heavy (non-hydrogen) atoms. The Hall–Kier alpha value is -0.860. The maximum Gasteiger partial charge on any atom is 0.0208 e. The fourth-order valence-electron chi connectivity index (χ4n) is 3.91. The molecular formula is C20H32N2. The van der Waals surface area contributed by atoms with Gasteiger partial charge in [0.05, 0.1) is 0 Å². The normalized spacial score (nSPS) is 27.0. The fraction of sp³-hybridized carbons (Fsp3) is 0.700. The van der Waals surface area contributed by atoms with Gasteiger partial charge in [0.1, 0.15) is 0 Å². The van der Waals surface area contributed by atoms with Crippen LogP contribution in [-0.2, 0) is 6.54 Å². The zero-order valence-corrected chi connectivity index (χ0v) is 14.3. The van der Waals surface area contributed by atoms with Crippen molar-refractivity contribution in [3.8, 4) is 0 Å². The van der Waals surface area contributed by atoms with E-state index in [4.69, 9.17) is 0 Å². The van der Waals surface area contributed by atoms with Crippen LogP contribution in [0.3, 0.4) is 0 Å². The summed E-state index contributed by atoms with van der Waals surface area (Å²) in [5.74, 6) is 2.63. The van der Waals surface area contributed by atoms with Crippen molar-refractivity contribution < 1.29 is 0 Å². The lowest BCUT2D eigenvalue weighted by Crippen LogP contribution is -2.51. The van der Waals surface area contributed by atoms with Crippen LogP contribution >= 0.6 is 0 Å². The molecule has 1 aliphatic heterocycles. The summed E-state index contributed by atoms with van der Waals surface area (Å²) in [5.41, 5.74) is 1.40. The molecule has 2 atom stereocenters. The Kier molecular flexibility index (Phi) is 5.54. The molecule has 0 spiro atoms. The molecule has 0 radical (unpaired) electrons. The van der Waals surface area contributed by atoms with Gasteiger partial charge >= 0.3 is 0 Å². The summed E-state index contributed by atoms with van der Waals surface area (Å²) in [4.78, 5) is 2.75. The minimum Gasteiger partial charge on any atom is -0.309 e. The van der Waals surface area contributed by atoms with Crippen LogP contribution < -0.4 is 5.32 Å². The topological polar surface area (TPSA) is 15.3 Å². The molecule has 1 aliphatic carbocycles. The minimum atomic E-state index is 0.654. The number of hydrogen-bond acceptors (Lipinski definition) is 2. The van der Waals surface area contributed by atoms with E-state index in [9.17, 15) is 0 Å². The van der Waals surface area contributed by atoms with E-state index >= 15 is 0 Å². The van der Waals surface area contributed by atoms with Gasteiger partial charge < -0.3 is 10.2 Å². The highest BCUT2D eigenvalue weighted by Gasteiger charge is 2.31. The van der Waals surface area contributed by atoms with Crippen LogP contribution in [0.5, 0.6) is 0 Å². The average molecular weight is 300 g/mol. The van der Waals surface area contributed by atoms with Gasteiger partial charge in [-0.3, -0.25) is 0 Å². The van der Waals surface area contributed by atoms with Crippen molar-refractivity contribution >= 4 is 0 Å². The van der Waals surface area contributed by atoms with Gasteiger partial charge in [0.15, 0.2) is 0 Å². The first-order chi connectivity index (χ1) is 10.7. The molecule has 1 saturated heterocycles. The van der Waals surface area contributed by atoms with Crippen molar-refractivity contribution in [3.05, 3.63) is 35.9 Å². The molecule has 2 aliphatic rings. The SMILES string of the molecule is CC(C)C1CC(NCc2ccccc2)CN(CC2CCC2)C1. The predicted molar refractivity (Wildman–Crippen MR) is 93.8 cm³/mol. The quantitative estimate of drug-likeness (QED) is 0.856. The molecule has 2 fully saturated rings. The molecule has 0 aromatic heterocycles. The predicted octanol–water partition coefficient (Wildman–Crippen LogP) is 3.92. The second-order valence-corrected chi connectivity index (χ2v) is 7.82. The standard InChI is InChI=1S/C20H32N2/c1-16(2)19-11-20(21-12-17-7-4-3-5-8-17)15-22(14-19)13-18-9-6-10-18/h3-5,7-8,16,18-21H,6,9-15H2,1-2H3. The summed E-state index contributed by atoms with van der Waals surface area (Å²) in [6, 6.07) is 11.5. The van der Waals surface area contributed by atoms with Crippen LogP contribution in [-0.4, -0.2) is 30.6 Å². The molecule has 1 N–H and O–H groups in total. The van der Waals surface area contributed by atoms with Gasteiger partial charge in [0.2, 0.25) is 0 Å². The number of nitrogens with zero attached hydrogens (tertiary/aromatic N) is 1. The molecule has 3 rings (SSSR count). The Morgan fingerprint density at radius 3 is 2.55 bits per heavy atom. The number of benzene rings is 1. The first-order valence-corrected chi connectivity index (χ1v) is 9.20. The van der Waals surface area contributed by atoms with Crippen molar-refractivity contribution in [1.82, 2.24) is 10.2 Å². The summed E-state index contributed by atoms with van der Waals surface area (Å²) in [7, 11) is 0. The van der Waals surface area contributed by atoms with Gasteiger partial charge in [-0.2, -0.15) is 0 Å². The third kappa shape index (κ3) is 4.33. The lowest BCUT2D eigenvalue weighted by molar-refractivity contribution is 0.0842. The van der Waals surface area contributed by atoms with E-state index in [-0.39, 0.29) is 0 Å². The first kappa shape index (κ1) is 16.0. The van der Waals surface area contributed by atoms with Crippen molar-refractivity contribution in [2.24, 2.45) is 17.8 Å². The molecule has 0 bridgehead atoms. The summed E-state index contributed by atoms with van der Waals surface area (Å²) >= 11 is 0. The lowest BCUT2D eigenvalue weighted by Gasteiger charge is -2.42. The van der Waals surface area contributed by atoms with Gasteiger partial charge in [-0.1, -0.05) is 50.6 Å². The van der Waals surface area contributed by atoms with Gasteiger partial charge in [-0.05, 0) is 42.6 Å². The monoisotopic (exact) mass is 300 g/mol. The zero-order chi connectivity index (χ0) is 15.4. The van der Waals surface area contributed by atoms with Crippen LogP contribution in [0.15, 0.2) is 30.3 Å². The van der Waals surface area contributed by atoms with Gasteiger partial charge in [0.25, 0.3) is 0 Å². The number of likely N-dealkylation sites (tertiary alicyclic amines) is 1. The second kappa shape index (κ2) is 7.61. The zero-order valence-electron chi connectivity index (χ0n) is 14.3. The Morgan fingerprint density at radius 1 is 1.14 bits per heavy atom. The Balaban J connectivity index is 1.54. The minimum absolute atomic E-state index is 0.654. The van der Waals surface area contributed by atoms with Crippen molar-refractivity contribution in [3.63, 3.8) is 0 Å². The Labute approximate surface area is 136 Å². The summed E-state index contributed by atoms with van der Waals surface area (Å²) in [6.07, 6.45) is 5.73. The third-order valence-electron chi connectivity index (χ3n) is 5.68. The Bertz CT molecular complexity index is 438. The Morgan fingerprint density at radius 2 is 1.91 bits per heavy atom. The van der Waals surface area contributed by atoms with Crippen LogP contribution in [0.2, 0.25) is 0 Å². The highest BCUT2D eigenvalue weighted by Crippen LogP contribution is 2.30. The van der Waals surface area contributed by atoms with E-state index in [2.05, 4.69) is 54.4 Å². The average Bonchev–Trinajstić information content (AvgIpc) is 2.50. The molecule has 1 aromatic carbocycles. The van der Waals surface area contributed by atoms with E-state index in [0.717, 1.165) is 24.3 Å². The van der Waals surface area contributed by atoms with Gasteiger partial charge in [-0.25, -0.2) is 0 Å². The third-order valence-corrected chi connectivity index (χ3v) is 5.68. The number of piperidine rings is 1. The van der Waals surface area contributed by atoms with E-state index in [1.165, 1.54) is 50.9 Å². The smallest absolute Gasteiger partial charge is 0.0208 e. The maximum absolute atomic E-state index is 3.82. The second-order valence-electron chi connectivity index (χ2n) is 7.82. The maximum atomic E-state index is 3.82. The number of rotatable bonds is 6. The highest BCUT2D eigenvalue weighted by molar-refractivity contribution is 5.14. The summed E-state index contributed by atoms with van der Waals surface area (Å²) < 4.78 is 0. The van der Waals surface area contributed by atoms with Crippen molar-refractivity contribution in [2.45, 2.75) is 52.1 Å². The van der Waals surface area contributed by atoms with Crippen LogP contribution in [0.4, 0.5) is 0 Å². The van der Waals surface area contributed by atoms with Crippen LogP contribution in [0.25, 0.3) is 0 Å². The molecule has 0 amide bonds. The molecule has 1 saturated carbocycles. The highest BCUT2D eigenvalue weighted by atomic mass is 15.2. The molecule has 1 aromatic rings. The fourth-order valence-corrected chi connectivity index (χ4v) is 3.91. The molecule has 2 nitrogen and oxygen atoms in total. The van der Waals surface area contributed by atoms with Gasteiger partial charge in [0, 0.05) is 32.2 Å². The summed E-state index contributed by atoms with van der Waals surface area (Å²) in [5, 5.41) is 3.82. The van der Waals surface area contributed by atoms with E-state index in [0.29, 0.717) is 6.04 Å². The molecule has 2 unspecified atom stereocenters. The van der Waals surface area contributed by atoms with E-state index in [1.807, 2.05) is 0 Å². The largest absolute Gasteiger partial charge is 0.309 e. The van der Waals surface area contributed by atoms with Crippen molar-refractivity contribution in [2.75, 3.05) is 19.6 Å². The number of hydrogen-bond donors (Lipinski definition) is 1. The lowest BCUT2D eigenvalue weighted by atomic mass is 9.82. The molecule has 122 valence electrons. The first-order valence-electron chi connectivity index (χ1n) is 9.20. The van der Waals surface area contributed by atoms with E-state index in [1.54, 1.807) is 0 Å². The molecule has 2 heteroatoms. The summed E-state index contributed by atoms with van der Waals surface area (Å²) in [6.45, 7) is 9.70.